The molecule has 0 atom stereocenters. The van der Waals surface area contributed by atoms with Crippen LogP contribution in [0.4, 0.5) is 35.0 Å². The molecule has 0 unspecified atom stereocenters. The van der Waals surface area contributed by atoms with Crippen LogP contribution in [0.2, 0.25) is 5.02 Å². The minimum absolute atomic E-state index is 0.0155. The Morgan fingerprint density at radius 3 is 2.76 bits per heavy atom. The molecule has 0 spiro atoms. The molecule has 0 aliphatic carbocycles. The number of anilines is 3. The summed E-state index contributed by atoms with van der Waals surface area (Å²) in [5.74, 6) is -0.589. The molecular formula is C14H9BrClF4N5. The first kappa shape index (κ1) is 17.9. The highest BCUT2D eigenvalue weighted by molar-refractivity contribution is 9.10. The number of alkyl halides is 3. The number of hydrogen-bond donors (Lipinski definition) is 2. The number of halogens is 6. The lowest BCUT2D eigenvalue weighted by atomic mass is 10.3. The fourth-order valence-corrected chi connectivity index (χ4v) is 2.67. The largest absolute Gasteiger partial charge is 0.432 e. The van der Waals surface area contributed by atoms with Gasteiger partial charge in [-0.1, -0.05) is 11.6 Å². The minimum Gasteiger partial charge on any atom is -0.324 e. The molecule has 2 N–H and O–H groups in total. The number of benzene rings is 1. The predicted octanol–water partition coefficient (Wildman–Crippen LogP) is 4.55. The summed E-state index contributed by atoms with van der Waals surface area (Å²) < 4.78 is 52.7. The Morgan fingerprint density at radius 1 is 1.32 bits per heavy atom. The molecule has 0 amide bonds. The molecule has 25 heavy (non-hydrogen) atoms. The van der Waals surface area contributed by atoms with Gasteiger partial charge in [-0.2, -0.15) is 18.2 Å². The van der Waals surface area contributed by atoms with Crippen LogP contribution in [0.1, 0.15) is 0 Å². The Bertz CT molecular complexity index is 842. The van der Waals surface area contributed by atoms with E-state index in [2.05, 4.69) is 36.6 Å². The molecule has 1 aliphatic rings. The van der Waals surface area contributed by atoms with Crippen molar-refractivity contribution in [3.05, 3.63) is 51.5 Å². The van der Waals surface area contributed by atoms with Crippen LogP contribution in [-0.2, 0) is 0 Å². The van der Waals surface area contributed by atoms with Gasteiger partial charge in [0.25, 0.3) is 0 Å². The molecule has 2 heterocycles. The third kappa shape index (κ3) is 3.86. The van der Waals surface area contributed by atoms with Crippen LogP contribution in [-0.4, -0.2) is 22.7 Å². The second kappa shape index (κ2) is 6.77. The summed E-state index contributed by atoms with van der Waals surface area (Å²) in [4.78, 5) is 8.07. The second-order valence-electron chi connectivity index (χ2n) is 4.90. The van der Waals surface area contributed by atoms with Crippen LogP contribution in [0.15, 0.2) is 40.6 Å². The van der Waals surface area contributed by atoms with Crippen molar-refractivity contribution in [3.8, 4) is 0 Å². The Morgan fingerprint density at radius 2 is 2.08 bits per heavy atom. The molecule has 3 rings (SSSR count). The maximum atomic E-state index is 13.2. The summed E-state index contributed by atoms with van der Waals surface area (Å²) in [5, 5.41) is 3.49. The van der Waals surface area contributed by atoms with Crippen LogP contribution in [0.25, 0.3) is 0 Å². The molecule has 2 aromatic rings. The Balaban J connectivity index is 1.91. The van der Waals surface area contributed by atoms with Gasteiger partial charge in [0.2, 0.25) is 5.95 Å². The molecule has 1 aromatic carbocycles. The quantitative estimate of drug-likeness (QED) is 0.689. The number of hydrogen-bond acceptors (Lipinski definition) is 5. The van der Waals surface area contributed by atoms with Crippen molar-refractivity contribution < 1.29 is 17.6 Å². The third-order valence-electron chi connectivity index (χ3n) is 3.19. The molecule has 5 nitrogen and oxygen atoms in total. The van der Waals surface area contributed by atoms with E-state index in [1.165, 1.54) is 18.3 Å². The molecule has 1 aliphatic heterocycles. The summed E-state index contributed by atoms with van der Waals surface area (Å²) >= 11 is 8.84. The van der Waals surface area contributed by atoms with E-state index < -0.39 is 17.7 Å². The van der Waals surface area contributed by atoms with Gasteiger partial charge >= 0.3 is 6.18 Å². The van der Waals surface area contributed by atoms with E-state index in [0.717, 1.165) is 17.2 Å². The lowest BCUT2D eigenvalue weighted by Crippen LogP contribution is -2.37. The maximum absolute atomic E-state index is 13.2. The number of nitrogens with zero attached hydrogens (tertiary/aromatic N) is 3. The minimum atomic E-state index is -4.54. The van der Waals surface area contributed by atoms with Crippen LogP contribution in [0, 0.1) is 5.82 Å². The Labute approximate surface area is 152 Å². The number of hydrazine groups is 1. The van der Waals surface area contributed by atoms with Crippen LogP contribution in [0.3, 0.4) is 0 Å². The first-order valence-corrected chi connectivity index (χ1v) is 7.98. The molecule has 0 fully saturated rings. The maximum Gasteiger partial charge on any atom is 0.432 e. The molecule has 1 aromatic heterocycles. The first-order valence-electron chi connectivity index (χ1n) is 6.81. The number of aromatic nitrogens is 2. The smallest absolute Gasteiger partial charge is 0.324 e. The lowest BCUT2D eigenvalue weighted by molar-refractivity contribution is -0.0932. The van der Waals surface area contributed by atoms with Crippen molar-refractivity contribution in [3.63, 3.8) is 0 Å². The monoisotopic (exact) mass is 437 g/mol. The van der Waals surface area contributed by atoms with Crippen molar-refractivity contribution in [2.45, 2.75) is 6.18 Å². The van der Waals surface area contributed by atoms with Gasteiger partial charge in [0.15, 0.2) is 5.82 Å². The zero-order valence-electron chi connectivity index (χ0n) is 12.2. The van der Waals surface area contributed by atoms with Gasteiger partial charge in [-0.15, -0.1) is 0 Å². The SMILES string of the molecule is Fc1ccc(Nc2ncc(Br)c(N3NCC=C3C(F)(F)F)n2)cc1Cl. The molecule has 11 heteroatoms. The topological polar surface area (TPSA) is 53.1 Å². The third-order valence-corrected chi connectivity index (χ3v) is 4.04. The zero-order valence-corrected chi connectivity index (χ0v) is 14.5. The molecular weight excluding hydrogens is 430 g/mol. The molecule has 0 bridgehead atoms. The fraction of sp³-hybridized carbons (Fsp3) is 0.143. The summed E-state index contributed by atoms with van der Waals surface area (Å²) in [5.41, 5.74) is 2.10. The van der Waals surface area contributed by atoms with E-state index >= 15 is 0 Å². The standard InChI is InChI=1S/C14H9BrClF4N5/c15-8-6-21-13(23-7-1-2-10(17)9(16)5-7)24-12(8)25-11(3-4-22-25)14(18,19)20/h1-3,5-6,22H,4H2,(H,21,23,24). The second-order valence-corrected chi connectivity index (χ2v) is 6.17. The highest BCUT2D eigenvalue weighted by Crippen LogP contribution is 2.35. The predicted molar refractivity (Wildman–Crippen MR) is 89.0 cm³/mol. The van der Waals surface area contributed by atoms with Crippen molar-refractivity contribution in [2.24, 2.45) is 0 Å². The van der Waals surface area contributed by atoms with Crippen molar-refractivity contribution in [1.82, 2.24) is 15.4 Å². The van der Waals surface area contributed by atoms with Crippen LogP contribution in [0.5, 0.6) is 0 Å². The van der Waals surface area contributed by atoms with Crippen LogP contribution >= 0.6 is 27.5 Å². The zero-order chi connectivity index (χ0) is 18.2. The van der Waals surface area contributed by atoms with E-state index in [1.807, 2.05) is 0 Å². The van der Waals surface area contributed by atoms with E-state index in [4.69, 9.17) is 11.6 Å². The average molecular weight is 439 g/mol. The van der Waals surface area contributed by atoms with Crippen molar-refractivity contribution in [2.75, 3.05) is 16.9 Å². The highest BCUT2D eigenvalue weighted by atomic mass is 79.9. The van der Waals surface area contributed by atoms with E-state index in [9.17, 15) is 17.6 Å². The van der Waals surface area contributed by atoms with E-state index in [1.54, 1.807) is 0 Å². The summed E-state index contributed by atoms with van der Waals surface area (Å²) in [7, 11) is 0. The normalized spacial score (nSPS) is 14.6. The van der Waals surface area contributed by atoms with Gasteiger partial charge in [0, 0.05) is 18.4 Å². The van der Waals surface area contributed by atoms with Gasteiger partial charge in [0.05, 0.1) is 9.50 Å². The Hall–Kier alpha value is -1.91. The summed E-state index contributed by atoms with van der Waals surface area (Å²) in [6.07, 6.45) is -2.21. The number of rotatable bonds is 3. The molecule has 0 saturated heterocycles. The fourth-order valence-electron chi connectivity index (χ4n) is 2.12. The summed E-state index contributed by atoms with van der Waals surface area (Å²) in [6.45, 7) is 0.0155. The average Bonchev–Trinajstić information content (AvgIpc) is 3.02. The molecule has 0 radical (unpaired) electrons. The van der Waals surface area contributed by atoms with E-state index in [0.29, 0.717) is 5.69 Å². The highest BCUT2D eigenvalue weighted by Gasteiger charge is 2.41. The van der Waals surface area contributed by atoms with Gasteiger partial charge in [0.1, 0.15) is 11.5 Å². The van der Waals surface area contributed by atoms with E-state index in [-0.39, 0.29) is 27.8 Å². The van der Waals surface area contributed by atoms with Gasteiger partial charge in [-0.05, 0) is 40.2 Å². The van der Waals surface area contributed by atoms with Crippen molar-refractivity contribution in [1.29, 1.82) is 0 Å². The molecule has 132 valence electrons. The van der Waals surface area contributed by atoms with Crippen molar-refractivity contribution >= 4 is 45.0 Å². The molecule has 0 saturated carbocycles. The first-order chi connectivity index (χ1) is 11.8. The lowest BCUT2D eigenvalue weighted by Gasteiger charge is -2.24. The summed E-state index contributed by atoms with van der Waals surface area (Å²) in [6, 6.07) is 3.87. The van der Waals surface area contributed by atoms with Gasteiger partial charge < -0.3 is 5.32 Å². The number of allylic oxidation sites excluding steroid dienone is 1. The van der Waals surface area contributed by atoms with Gasteiger partial charge in [-0.3, -0.25) is 5.01 Å². The van der Waals surface area contributed by atoms with Crippen LogP contribution < -0.4 is 15.8 Å². The Kier molecular flexibility index (Phi) is 4.85. The number of nitrogens with one attached hydrogen (secondary N) is 2. The van der Waals surface area contributed by atoms with Gasteiger partial charge in [-0.25, -0.2) is 14.8 Å².